The van der Waals surface area contributed by atoms with Gasteiger partial charge in [0, 0.05) is 18.2 Å². The number of esters is 1. The minimum atomic E-state index is -4.77. The number of nitrogens with two attached hydrogens (primary N) is 1. The number of carbonyl (C=O) groups excluding carboxylic acids is 1. The van der Waals surface area contributed by atoms with E-state index in [4.69, 9.17) is 11.1 Å². The predicted octanol–water partition coefficient (Wildman–Crippen LogP) is 3.46. The van der Waals surface area contributed by atoms with Crippen LogP contribution in [0, 0.1) is 5.41 Å². The van der Waals surface area contributed by atoms with Crippen LogP contribution in [0.5, 0.6) is 0 Å². The van der Waals surface area contributed by atoms with E-state index in [0.29, 0.717) is 16.6 Å². The lowest BCUT2D eigenvalue weighted by atomic mass is 10.1. The number of nitrogens with one attached hydrogen (secondary N) is 1. The lowest BCUT2D eigenvalue weighted by Crippen LogP contribution is -2.25. The van der Waals surface area contributed by atoms with Gasteiger partial charge in [0.15, 0.2) is 0 Å². The molecule has 7 nitrogen and oxygen atoms in total. The second-order valence-electron chi connectivity index (χ2n) is 6.70. The quantitative estimate of drug-likeness (QED) is 0.328. The van der Waals surface area contributed by atoms with Crippen LogP contribution in [-0.4, -0.2) is 28.0 Å². The number of ether oxygens (including phenoxy) is 1. The fraction of sp³-hybridized carbons (Fsp3) is 0.190. The number of methoxy groups -OCH3 is 1. The molecule has 32 heavy (non-hydrogen) atoms. The van der Waals surface area contributed by atoms with Crippen LogP contribution < -0.4 is 11.4 Å². The van der Waals surface area contributed by atoms with E-state index >= 15 is 0 Å². The highest BCUT2D eigenvalue weighted by Gasteiger charge is 2.37. The molecular formula is C21H20ClF3N4O3. The SMILES string of the molecule is COC(=O)CCc1ccc(-n2cc(C(F)(F)F)n(-c3ccc(C(=N)N)cc3)c2=O)cc1.Cl. The van der Waals surface area contributed by atoms with Crippen LogP contribution in [0.2, 0.25) is 0 Å². The summed E-state index contributed by atoms with van der Waals surface area (Å²) >= 11 is 0. The van der Waals surface area contributed by atoms with Gasteiger partial charge in [-0.2, -0.15) is 13.2 Å². The van der Waals surface area contributed by atoms with E-state index in [0.717, 1.165) is 16.3 Å². The Morgan fingerprint density at radius 3 is 2.12 bits per heavy atom. The zero-order valence-corrected chi connectivity index (χ0v) is 17.7. The molecule has 0 aliphatic heterocycles. The van der Waals surface area contributed by atoms with Crippen molar-refractivity contribution in [3.8, 4) is 11.4 Å². The Morgan fingerprint density at radius 2 is 1.62 bits per heavy atom. The van der Waals surface area contributed by atoms with Crippen molar-refractivity contribution in [1.82, 2.24) is 9.13 Å². The van der Waals surface area contributed by atoms with Crippen molar-refractivity contribution in [3.63, 3.8) is 0 Å². The molecular weight excluding hydrogens is 449 g/mol. The average Bonchev–Trinajstić information content (AvgIpc) is 3.10. The second kappa shape index (κ2) is 9.73. The third kappa shape index (κ3) is 5.20. The first-order valence-electron chi connectivity index (χ1n) is 9.14. The van der Waals surface area contributed by atoms with Crippen LogP contribution in [0.4, 0.5) is 13.2 Å². The Hall–Kier alpha value is -3.53. The van der Waals surface area contributed by atoms with Gasteiger partial charge in [0.1, 0.15) is 11.5 Å². The van der Waals surface area contributed by atoms with Gasteiger partial charge in [-0.25, -0.2) is 4.79 Å². The molecule has 0 radical (unpaired) electrons. The number of amidine groups is 1. The average molecular weight is 469 g/mol. The van der Waals surface area contributed by atoms with Gasteiger partial charge >= 0.3 is 17.8 Å². The Balaban J connectivity index is 0.00000363. The summed E-state index contributed by atoms with van der Waals surface area (Å²) in [5.41, 5.74) is 4.69. The molecule has 0 aliphatic rings. The van der Waals surface area contributed by atoms with E-state index in [9.17, 15) is 22.8 Å². The molecule has 0 saturated carbocycles. The van der Waals surface area contributed by atoms with E-state index in [2.05, 4.69) is 4.74 Å². The molecule has 0 amide bonds. The van der Waals surface area contributed by atoms with Crippen LogP contribution in [0.15, 0.2) is 59.5 Å². The van der Waals surface area contributed by atoms with Gasteiger partial charge in [-0.1, -0.05) is 12.1 Å². The molecule has 0 aliphatic carbocycles. The number of nitrogen functional groups attached to an aromatic ring is 1. The van der Waals surface area contributed by atoms with Crippen molar-refractivity contribution in [2.75, 3.05) is 7.11 Å². The number of hydrogen-bond acceptors (Lipinski definition) is 4. The number of aromatic nitrogens is 2. The number of rotatable bonds is 6. The lowest BCUT2D eigenvalue weighted by Gasteiger charge is -2.10. The molecule has 0 atom stereocenters. The number of nitrogens with zero attached hydrogens (tertiary/aromatic N) is 2. The number of alkyl halides is 3. The van der Waals surface area contributed by atoms with Crippen molar-refractivity contribution < 1.29 is 22.7 Å². The van der Waals surface area contributed by atoms with Crippen molar-refractivity contribution in [2.45, 2.75) is 19.0 Å². The smallest absolute Gasteiger partial charge is 0.433 e. The monoisotopic (exact) mass is 468 g/mol. The number of halogens is 4. The molecule has 170 valence electrons. The predicted molar refractivity (Wildman–Crippen MR) is 115 cm³/mol. The molecule has 0 unspecified atom stereocenters. The number of benzene rings is 2. The molecule has 3 N–H and O–H groups in total. The third-order valence-corrected chi connectivity index (χ3v) is 4.68. The van der Waals surface area contributed by atoms with Gasteiger partial charge in [-0.15, -0.1) is 12.4 Å². The van der Waals surface area contributed by atoms with E-state index in [-0.39, 0.29) is 42.0 Å². The maximum Gasteiger partial charge on any atom is 0.433 e. The largest absolute Gasteiger partial charge is 0.469 e. The molecule has 3 aromatic rings. The zero-order valence-electron chi connectivity index (χ0n) is 16.8. The van der Waals surface area contributed by atoms with Crippen LogP contribution in [0.25, 0.3) is 11.4 Å². The van der Waals surface area contributed by atoms with E-state index in [1.165, 1.54) is 43.5 Å². The fourth-order valence-corrected chi connectivity index (χ4v) is 3.04. The molecule has 11 heteroatoms. The van der Waals surface area contributed by atoms with Gasteiger partial charge in [-0.3, -0.25) is 19.3 Å². The standard InChI is InChI=1S/C21H19F3N4O3.ClH/c1-31-18(29)11-4-13-2-7-15(8-3-13)27-12-17(21(22,23)24)28(20(27)30)16-9-5-14(6-10-16)19(25)26;/h2-3,5-10,12H,4,11H2,1H3,(H3,25,26);1H. The van der Waals surface area contributed by atoms with Gasteiger partial charge < -0.3 is 10.5 Å². The Labute approximate surface area is 187 Å². The van der Waals surface area contributed by atoms with Crippen LogP contribution >= 0.6 is 12.4 Å². The fourth-order valence-electron chi connectivity index (χ4n) is 3.04. The zero-order chi connectivity index (χ0) is 22.8. The van der Waals surface area contributed by atoms with Crippen molar-refractivity contribution in [3.05, 3.63) is 82.0 Å². The maximum absolute atomic E-state index is 13.7. The summed E-state index contributed by atoms with van der Waals surface area (Å²) in [4.78, 5) is 24.1. The normalized spacial score (nSPS) is 11.0. The first-order valence-corrected chi connectivity index (χ1v) is 9.14. The summed E-state index contributed by atoms with van der Waals surface area (Å²) in [5, 5.41) is 7.39. The van der Waals surface area contributed by atoms with Crippen LogP contribution in [0.3, 0.4) is 0 Å². The summed E-state index contributed by atoms with van der Waals surface area (Å²) in [6.45, 7) is 0. The van der Waals surface area contributed by atoms with Crippen LogP contribution in [-0.2, 0) is 22.1 Å². The number of imidazole rings is 1. The van der Waals surface area contributed by atoms with Crippen LogP contribution in [0.1, 0.15) is 23.2 Å². The highest BCUT2D eigenvalue weighted by molar-refractivity contribution is 5.95. The van der Waals surface area contributed by atoms with Crippen molar-refractivity contribution in [2.24, 2.45) is 5.73 Å². The minimum absolute atomic E-state index is 0. The van der Waals surface area contributed by atoms with Gasteiger partial charge in [-0.05, 0) is 48.4 Å². The van der Waals surface area contributed by atoms with E-state index in [1.54, 1.807) is 12.1 Å². The first-order chi connectivity index (χ1) is 14.6. The number of aryl methyl sites for hydroxylation is 1. The highest BCUT2D eigenvalue weighted by atomic mass is 35.5. The van der Waals surface area contributed by atoms with Crippen molar-refractivity contribution in [1.29, 1.82) is 5.41 Å². The summed E-state index contributed by atoms with van der Waals surface area (Å²) in [7, 11) is 1.29. The first kappa shape index (κ1) is 24.7. The van der Waals surface area contributed by atoms with E-state index in [1.807, 2.05) is 0 Å². The molecule has 3 rings (SSSR count). The molecule has 0 fully saturated rings. The molecule has 2 aromatic carbocycles. The lowest BCUT2D eigenvalue weighted by molar-refractivity contribution is -0.142. The Kier molecular flexibility index (Phi) is 7.52. The summed E-state index contributed by atoms with van der Waals surface area (Å²) in [6.07, 6.45) is -3.46. The molecule has 1 heterocycles. The number of hydrogen-bond donors (Lipinski definition) is 2. The second-order valence-corrected chi connectivity index (χ2v) is 6.70. The van der Waals surface area contributed by atoms with Gasteiger partial charge in [0.2, 0.25) is 0 Å². The topological polar surface area (TPSA) is 103 Å². The van der Waals surface area contributed by atoms with Gasteiger partial charge in [0.25, 0.3) is 0 Å². The molecule has 0 spiro atoms. The molecule has 0 bridgehead atoms. The summed E-state index contributed by atoms with van der Waals surface area (Å²) in [5.74, 6) is -0.609. The Bertz CT molecular complexity index is 1170. The highest BCUT2D eigenvalue weighted by Crippen LogP contribution is 2.31. The van der Waals surface area contributed by atoms with Gasteiger partial charge in [0.05, 0.1) is 18.5 Å². The summed E-state index contributed by atoms with van der Waals surface area (Å²) in [6, 6.07) is 11.6. The maximum atomic E-state index is 13.7. The third-order valence-electron chi connectivity index (χ3n) is 4.68. The summed E-state index contributed by atoms with van der Waals surface area (Å²) < 4.78 is 47.0. The minimum Gasteiger partial charge on any atom is -0.469 e. The number of carbonyl (C=O) groups is 1. The molecule has 0 saturated heterocycles. The Morgan fingerprint density at radius 1 is 1.06 bits per heavy atom. The van der Waals surface area contributed by atoms with E-state index < -0.39 is 17.6 Å². The molecule has 1 aromatic heterocycles. The van der Waals surface area contributed by atoms with Crippen molar-refractivity contribution >= 4 is 24.2 Å².